The first-order valence-corrected chi connectivity index (χ1v) is 7.14. The van der Waals surface area contributed by atoms with E-state index in [1.807, 2.05) is 27.7 Å². The molecule has 5 nitrogen and oxygen atoms in total. The van der Waals surface area contributed by atoms with Crippen LogP contribution in [0.1, 0.15) is 41.0 Å². The van der Waals surface area contributed by atoms with Gasteiger partial charge in [-0.2, -0.15) is 0 Å². The van der Waals surface area contributed by atoms with Gasteiger partial charge in [0.25, 0.3) is 0 Å². The van der Waals surface area contributed by atoms with Crippen LogP contribution in [0, 0.1) is 5.92 Å². The Labute approximate surface area is 114 Å². The molecule has 0 bridgehead atoms. The summed E-state index contributed by atoms with van der Waals surface area (Å²) in [6.07, 6.45) is 0.638. The van der Waals surface area contributed by atoms with Crippen molar-refractivity contribution in [3.05, 3.63) is 0 Å². The van der Waals surface area contributed by atoms with Crippen molar-refractivity contribution in [2.75, 3.05) is 6.61 Å². The van der Waals surface area contributed by atoms with Gasteiger partial charge in [-0.05, 0) is 34.1 Å². The van der Waals surface area contributed by atoms with Gasteiger partial charge >= 0.3 is 0 Å². The standard InChI is InChI=1S/C14H24O5/c1-6-8-10(9-7-15-13(2,3)17-9)16-12-11(8)18-14(4,5)19-12/h8-12H,6-7H2,1-5H3/t8-,9?,10+,11-,12-/m1/s1. The molecule has 5 heteroatoms. The summed E-state index contributed by atoms with van der Waals surface area (Å²) in [5, 5.41) is 0. The molecular weight excluding hydrogens is 248 g/mol. The zero-order valence-corrected chi connectivity index (χ0v) is 12.3. The molecule has 0 aromatic heterocycles. The molecular formula is C14H24O5. The lowest BCUT2D eigenvalue weighted by molar-refractivity contribution is -0.227. The molecule has 3 rings (SSSR count). The Hall–Kier alpha value is -0.200. The molecule has 0 aliphatic carbocycles. The SMILES string of the molecule is CC[C@H]1[C@H]2OC(C)(C)O[C@H]2O[C@@H]1C1COC(C)(C)O1. The lowest BCUT2D eigenvalue weighted by atomic mass is 9.92. The molecule has 1 unspecified atom stereocenters. The van der Waals surface area contributed by atoms with Gasteiger partial charge in [0.1, 0.15) is 12.2 Å². The third-order valence-electron chi connectivity index (χ3n) is 4.09. The van der Waals surface area contributed by atoms with Crippen molar-refractivity contribution in [3.8, 4) is 0 Å². The first-order valence-electron chi connectivity index (χ1n) is 7.14. The van der Waals surface area contributed by atoms with Crippen molar-refractivity contribution < 1.29 is 23.7 Å². The Morgan fingerprint density at radius 3 is 2.26 bits per heavy atom. The fourth-order valence-electron chi connectivity index (χ4n) is 3.30. The van der Waals surface area contributed by atoms with E-state index in [2.05, 4.69) is 6.92 Å². The van der Waals surface area contributed by atoms with Crippen LogP contribution in [0.25, 0.3) is 0 Å². The summed E-state index contributed by atoms with van der Waals surface area (Å²) in [5.74, 6) is -0.792. The maximum Gasteiger partial charge on any atom is 0.187 e. The van der Waals surface area contributed by atoms with Gasteiger partial charge in [-0.3, -0.25) is 0 Å². The van der Waals surface area contributed by atoms with Gasteiger partial charge in [-0.1, -0.05) is 6.92 Å². The Morgan fingerprint density at radius 1 is 0.947 bits per heavy atom. The molecule has 0 aromatic rings. The highest BCUT2D eigenvalue weighted by Crippen LogP contribution is 2.44. The number of hydrogen-bond acceptors (Lipinski definition) is 5. The zero-order chi connectivity index (χ0) is 13.8. The van der Waals surface area contributed by atoms with Crippen molar-refractivity contribution in [1.82, 2.24) is 0 Å². The van der Waals surface area contributed by atoms with E-state index in [-0.39, 0.29) is 30.5 Å². The molecule has 0 saturated carbocycles. The van der Waals surface area contributed by atoms with Crippen LogP contribution in [0.3, 0.4) is 0 Å². The molecule has 0 amide bonds. The van der Waals surface area contributed by atoms with E-state index < -0.39 is 11.6 Å². The third-order valence-corrected chi connectivity index (χ3v) is 4.09. The van der Waals surface area contributed by atoms with Crippen molar-refractivity contribution in [2.24, 2.45) is 5.92 Å². The molecule has 5 atom stereocenters. The van der Waals surface area contributed by atoms with Gasteiger partial charge in [0.2, 0.25) is 0 Å². The van der Waals surface area contributed by atoms with Crippen LogP contribution >= 0.6 is 0 Å². The molecule has 0 spiro atoms. The second-order valence-electron chi connectivity index (χ2n) is 6.51. The van der Waals surface area contributed by atoms with E-state index in [0.29, 0.717) is 6.61 Å². The molecule has 110 valence electrons. The minimum atomic E-state index is -0.556. The van der Waals surface area contributed by atoms with Crippen LogP contribution in [0.15, 0.2) is 0 Å². The number of ether oxygens (including phenoxy) is 5. The summed E-state index contributed by atoms with van der Waals surface area (Å²) in [4.78, 5) is 0. The normalized spacial score (nSPS) is 47.5. The van der Waals surface area contributed by atoms with E-state index in [1.165, 1.54) is 0 Å². The highest BCUT2D eigenvalue weighted by Gasteiger charge is 2.57. The summed E-state index contributed by atoms with van der Waals surface area (Å²) in [7, 11) is 0. The zero-order valence-electron chi connectivity index (χ0n) is 12.3. The molecule has 3 aliphatic rings. The second kappa shape index (κ2) is 4.40. The van der Waals surface area contributed by atoms with Crippen molar-refractivity contribution >= 4 is 0 Å². The molecule has 3 fully saturated rings. The Kier molecular flexibility index (Phi) is 3.19. The minimum Gasteiger partial charge on any atom is -0.348 e. The van der Waals surface area contributed by atoms with Crippen LogP contribution in [0.5, 0.6) is 0 Å². The maximum absolute atomic E-state index is 6.05. The van der Waals surface area contributed by atoms with Crippen molar-refractivity contribution in [2.45, 2.75) is 77.2 Å². The first-order chi connectivity index (χ1) is 8.81. The molecule has 3 heterocycles. The lowest BCUT2D eigenvalue weighted by Gasteiger charge is -2.28. The van der Waals surface area contributed by atoms with Crippen LogP contribution in [0.2, 0.25) is 0 Å². The predicted molar refractivity (Wildman–Crippen MR) is 67.4 cm³/mol. The van der Waals surface area contributed by atoms with Gasteiger partial charge in [0, 0.05) is 5.92 Å². The Morgan fingerprint density at radius 2 is 1.68 bits per heavy atom. The van der Waals surface area contributed by atoms with Gasteiger partial charge in [-0.25, -0.2) is 0 Å². The van der Waals surface area contributed by atoms with Gasteiger partial charge in [0.15, 0.2) is 17.9 Å². The van der Waals surface area contributed by atoms with Gasteiger partial charge in [-0.15, -0.1) is 0 Å². The Balaban J connectivity index is 1.72. The molecule has 19 heavy (non-hydrogen) atoms. The van der Waals surface area contributed by atoms with E-state index >= 15 is 0 Å². The minimum absolute atomic E-state index is 0.00249. The van der Waals surface area contributed by atoms with Crippen LogP contribution in [0.4, 0.5) is 0 Å². The highest BCUT2D eigenvalue weighted by molar-refractivity contribution is 4.96. The fourth-order valence-corrected chi connectivity index (χ4v) is 3.30. The summed E-state index contributed by atoms with van der Waals surface area (Å²) < 4.78 is 29.4. The smallest absolute Gasteiger partial charge is 0.187 e. The van der Waals surface area contributed by atoms with Gasteiger partial charge < -0.3 is 23.7 Å². The predicted octanol–water partition coefficient (Wildman–Crippen LogP) is 2.04. The molecule has 0 N–H and O–H groups in total. The molecule has 0 radical (unpaired) electrons. The van der Waals surface area contributed by atoms with Crippen molar-refractivity contribution in [3.63, 3.8) is 0 Å². The number of hydrogen-bond donors (Lipinski definition) is 0. The lowest BCUT2D eigenvalue weighted by Crippen LogP contribution is -2.38. The fraction of sp³-hybridized carbons (Fsp3) is 1.00. The monoisotopic (exact) mass is 272 g/mol. The first kappa shape index (κ1) is 13.8. The highest BCUT2D eigenvalue weighted by atomic mass is 16.8. The summed E-state index contributed by atoms with van der Waals surface area (Å²) in [6.45, 7) is 10.4. The second-order valence-corrected chi connectivity index (χ2v) is 6.51. The topological polar surface area (TPSA) is 46.2 Å². The largest absolute Gasteiger partial charge is 0.348 e. The summed E-state index contributed by atoms with van der Waals surface area (Å²) in [5.41, 5.74) is 0. The number of fused-ring (bicyclic) bond motifs is 1. The van der Waals surface area contributed by atoms with Crippen LogP contribution < -0.4 is 0 Å². The average Bonchev–Trinajstić information content (AvgIpc) is 2.87. The van der Waals surface area contributed by atoms with E-state index in [9.17, 15) is 0 Å². The molecule has 3 aliphatic heterocycles. The van der Waals surface area contributed by atoms with Crippen LogP contribution in [-0.4, -0.2) is 42.8 Å². The van der Waals surface area contributed by atoms with Crippen LogP contribution in [-0.2, 0) is 23.7 Å². The van der Waals surface area contributed by atoms with E-state index in [1.54, 1.807) is 0 Å². The third kappa shape index (κ3) is 2.43. The maximum atomic E-state index is 6.05. The van der Waals surface area contributed by atoms with E-state index in [0.717, 1.165) is 6.42 Å². The average molecular weight is 272 g/mol. The van der Waals surface area contributed by atoms with Gasteiger partial charge in [0.05, 0.1) is 12.7 Å². The summed E-state index contributed by atoms with van der Waals surface area (Å²) in [6, 6.07) is 0. The Bertz CT molecular complexity index is 354. The van der Waals surface area contributed by atoms with E-state index in [4.69, 9.17) is 23.7 Å². The quantitative estimate of drug-likeness (QED) is 0.770. The summed E-state index contributed by atoms with van der Waals surface area (Å²) >= 11 is 0. The number of rotatable bonds is 2. The molecule has 3 saturated heterocycles. The molecule has 0 aromatic carbocycles. The van der Waals surface area contributed by atoms with Crippen molar-refractivity contribution in [1.29, 1.82) is 0 Å².